The third-order valence-corrected chi connectivity index (χ3v) is 5.44. The summed E-state index contributed by atoms with van der Waals surface area (Å²) in [5.74, 6) is -0.937. The summed E-state index contributed by atoms with van der Waals surface area (Å²) in [5, 5.41) is 13.9. The molecular formula is C21H23FN4O4. The second-order valence-electron chi connectivity index (χ2n) is 7.37. The first-order chi connectivity index (χ1) is 14.5. The van der Waals surface area contributed by atoms with E-state index in [0.717, 1.165) is 25.9 Å². The molecule has 2 aliphatic heterocycles. The summed E-state index contributed by atoms with van der Waals surface area (Å²) >= 11 is 0. The van der Waals surface area contributed by atoms with Crippen LogP contribution in [0.3, 0.4) is 0 Å². The summed E-state index contributed by atoms with van der Waals surface area (Å²) in [6.07, 6.45) is 2.01. The van der Waals surface area contributed by atoms with Gasteiger partial charge < -0.3 is 19.9 Å². The van der Waals surface area contributed by atoms with E-state index in [4.69, 9.17) is 4.74 Å². The highest BCUT2D eigenvalue weighted by Gasteiger charge is 2.23. The number of non-ortho nitro benzene ring substituents is 1. The van der Waals surface area contributed by atoms with E-state index >= 15 is 0 Å². The van der Waals surface area contributed by atoms with Crippen molar-refractivity contribution in [2.75, 3.05) is 54.5 Å². The predicted molar refractivity (Wildman–Crippen MR) is 112 cm³/mol. The quantitative estimate of drug-likeness (QED) is 0.596. The molecule has 0 spiro atoms. The van der Waals surface area contributed by atoms with Crippen molar-refractivity contribution in [1.82, 2.24) is 0 Å². The minimum Gasteiger partial charge on any atom is -0.378 e. The van der Waals surface area contributed by atoms with Gasteiger partial charge in [-0.25, -0.2) is 4.39 Å². The highest BCUT2D eigenvalue weighted by molar-refractivity contribution is 6.08. The molecule has 2 saturated heterocycles. The zero-order valence-electron chi connectivity index (χ0n) is 16.5. The van der Waals surface area contributed by atoms with E-state index in [1.54, 1.807) is 18.2 Å². The molecule has 2 aliphatic rings. The Balaban J connectivity index is 1.57. The molecule has 1 N–H and O–H groups in total. The molecule has 0 atom stereocenters. The number of hydrogen-bond donors (Lipinski definition) is 1. The van der Waals surface area contributed by atoms with Crippen LogP contribution in [0.25, 0.3) is 0 Å². The van der Waals surface area contributed by atoms with Crippen molar-refractivity contribution >= 4 is 28.7 Å². The molecule has 158 valence electrons. The highest BCUT2D eigenvalue weighted by atomic mass is 19.1. The number of halogens is 1. The number of ether oxygens (including phenoxy) is 1. The van der Waals surface area contributed by atoms with Crippen molar-refractivity contribution in [2.24, 2.45) is 0 Å². The number of nitrogens with one attached hydrogen (secondary N) is 1. The van der Waals surface area contributed by atoms with E-state index in [1.807, 2.05) is 9.80 Å². The molecule has 0 aromatic heterocycles. The number of carbonyl (C=O) groups excluding carboxylic acids is 1. The van der Waals surface area contributed by atoms with Crippen LogP contribution in [0, 0.1) is 15.9 Å². The Bertz CT molecular complexity index is 956. The van der Waals surface area contributed by atoms with Crippen molar-refractivity contribution in [3.05, 3.63) is 57.9 Å². The highest BCUT2D eigenvalue weighted by Crippen LogP contribution is 2.30. The molecule has 2 fully saturated rings. The minimum absolute atomic E-state index is 0.156. The van der Waals surface area contributed by atoms with Crippen molar-refractivity contribution in [3.63, 3.8) is 0 Å². The standard InChI is InChI=1S/C21H23FN4O4/c22-18-13-15(3-5-20(18)25-9-11-30-12-10-25)23-21(27)17-14-16(26(28)29)4-6-19(17)24-7-1-2-8-24/h3-6,13-14H,1-2,7-12H2,(H,23,27). The molecule has 4 rings (SSSR count). The third-order valence-electron chi connectivity index (χ3n) is 5.44. The molecule has 1 amide bonds. The van der Waals surface area contributed by atoms with Crippen LogP contribution in [-0.4, -0.2) is 50.2 Å². The lowest BCUT2D eigenvalue weighted by Crippen LogP contribution is -2.36. The Morgan fingerprint density at radius 3 is 2.33 bits per heavy atom. The van der Waals surface area contributed by atoms with Crippen molar-refractivity contribution in [2.45, 2.75) is 12.8 Å². The Labute approximate surface area is 173 Å². The van der Waals surface area contributed by atoms with Crippen LogP contribution in [-0.2, 0) is 4.74 Å². The number of nitro groups is 1. The molecule has 2 aromatic rings. The number of nitro benzene ring substituents is 1. The fraction of sp³-hybridized carbons (Fsp3) is 0.381. The average Bonchev–Trinajstić information content (AvgIpc) is 3.28. The lowest BCUT2D eigenvalue weighted by atomic mass is 10.1. The summed E-state index contributed by atoms with van der Waals surface area (Å²) in [6.45, 7) is 3.89. The van der Waals surface area contributed by atoms with Gasteiger partial charge in [0, 0.05) is 44.0 Å². The smallest absolute Gasteiger partial charge is 0.270 e. The topological polar surface area (TPSA) is 88.0 Å². The second kappa shape index (κ2) is 8.66. The SMILES string of the molecule is O=C(Nc1ccc(N2CCOCC2)c(F)c1)c1cc([N+](=O)[O-])ccc1N1CCCC1. The number of benzene rings is 2. The Hall–Kier alpha value is -3.20. The van der Waals surface area contributed by atoms with Gasteiger partial charge in [-0.05, 0) is 37.1 Å². The minimum atomic E-state index is -0.526. The zero-order valence-corrected chi connectivity index (χ0v) is 16.5. The summed E-state index contributed by atoms with van der Waals surface area (Å²) < 4.78 is 19.9. The largest absolute Gasteiger partial charge is 0.378 e. The fourth-order valence-electron chi connectivity index (χ4n) is 3.90. The Morgan fingerprint density at radius 1 is 1.00 bits per heavy atom. The van der Waals surface area contributed by atoms with Crippen LogP contribution < -0.4 is 15.1 Å². The summed E-state index contributed by atoms with van der Waals surface area (Å²) in [4.78, 5) is 27.6. The van der Waals surface area contributed by atoms with Gasteiger partial charge in [-0.15, -0.1) is 0 Å². The van der Waals surface area contributed by atoms with Gasteiger partial charge in [0.05, 0.1) is 35.1 Å². The van der Waals surface area contributed by atoms with E-state index in [1.165, 1.54) is 18.2 Å². The molecule has 2 heterocycles. The van der Waals surface area contributed by atoms with Crippen molar-refractivity contribution in [1.29, 1.82) is 0 Å². The first kappa shape index (κ1) is 20.1. The molecule has 0 radical (unpaired) electrons. The van der Waals surface area contributed by atoms with Crippen LogP contribution in [0.4, 0.5) is 27.1 Å². The molecule has 0 unspecified atom stereocenters. The first-order valence-corrected chi connectivity index (χ1v) is 10.00. The fourth-order valence-corrected chi connectivity index (χ4v) is 3.90. The number of nitrogens with zero attached hydrogens (tertiary/aromatic N) is 3. The van der Waals surface area contributed by atoms with E-state index in [9.17, 15) is 19.3 Å². The third kappa shape index (κ3) is 4.20. The molecule has 0 aliphatic carbocycles. The lowest BCUT2D eigenvalue weighted by Gasteiger charge is -2.29. The lowest BCUT2D eigenvalue weighted by molar-refractivity contribution is -0.384. The van der Waals surface area contributed by atoms with E-state index in [-0.39, 0.29) is 11.3 Å². The average molecular weight is 414 g/mol. The maximum atomic E-state index is 14.7. The van der Waals surface area contributed by atoms with Gasteiger partial charge in [0.2, 0.25) is 0 Å². The number of amides is 1. The Morgan fingerprint density at radius 2 is 1.67 bits per heavy atom. The van der Waals surface area contributed by atoms with Gasteiger partial charge in [0.25, 0.3) is 11.6 Å². The normalized spacial score (nSPS) is 16.6. The van der Waals surface area contributed by atoms with Crippen LogP contribution in [0.1, 0.15) is 23.2 Å². The summed E-state index contributed by atoms with van der Waals surface area (Å²) in [5.41, 5.74) is 1.47. The van der Waals surface area contributed by atoms with Gasteiger partial charge in [-0.1, -0.05) is 0 Å². The van der Waals surface area contributed by atoms with Gasteiger partial charge in [0.15, 0.2) is 0 Å². The van der Waals surface area contributed by atoms with E-state index in [2.05, 4.69) is 5.32 Å². The molecule has 8 nitrogen and oxygen atoms in total. The maximum Gasteiger partial charge on any atom is 0.270 e. The van der Waals surface area contributed by atoms with Crippen molar-refractivity contribution in [3.8, 4) is 0 Å². The summed E-state index contributed by atoms with van der Waals surface area (Å²) in [6, 6.07) is 8.84. The molecule has 2 aromatic carbocycles. The first-order valence-electron chi connectivity index (χ1n) is 10.00. The maximum absolute atomic E-state index is 14.7. The monoisotopic (exact) mass is 414 g/mol. The second-order valence-corrected chi connectivity index (χ2v) is 7.37. The number of carbonyl (C=O) groups is 1. The zero-order chi connectivity index (χ0) is 21.1. The number of morpholine rings is 1. The van der Waals surface area contributed by atoms with Gasteiger partial charge in [0.1, 0.15) is 5.82 Å². The van der Waals surface area contributed by atoms with Crippen LogP contribution >= 0.6 is 0 Å². The number of anilines is 3. The van der Waals surface area contributed by atoms with E-state index in [0.29, 0.717) is 43.4 Å². The molecular weight excluding hydrogens is 391 g/mol. The predicted octanol–water partition coefficient (Wildman–Crippen LogP) is 3.42. The van der Waals surface area contributed by atoms with Gasteiger partial charge >= 0.3 is 0 Å². The molecule has 0 bridgehead atoms. The summed E-state index contributed by atoms with van der Waals surface area (Å²) in [7, 11) is 0. The van der Waals surface area contributed by atoms with Gasteiger partial charge in [-0.2, -0.15) is 0 Å². The Kier molecular flexibility index (Phi) is 5.80. The molecule has 30 heavy (non-hydrogen) atoms. The molecule has 9 heteroatoms. The van der Waals surface area contributed by atoms with Crippen molar-refractivity contribution < 1.29 is 18.8 Å². The number of rotatable bonds is 5. The molecule has 0 saturated carbocycles. The van der Waals surface area contributed by atoms with Crippen LogP contribution in [0.15, 0.2) is 36.4 Å². The van der Waals surface area contributed by atoms with Gasteiger partial charge in [-0.3, -0.25) is 14.9 Å². The van der Waals surface area contributed by atoms with Crippen LogP contribution in [0.5, 0.6) is 0 Å². The number of hydrogen-bond acceptors (Lipinski definition) is 6. The van der Waals surface area contributed by atoms with E-state index < -0.39 is 16.6 Å². The van der Waals surface area contributed by atoms with Crippen LogP contribution in [0.2, 0.25) is 0 Å².